The molecular formula is C21H17ClN4O2. The average molecular weight is 393 g/mol. The Kier molecular flexibility index (Phi) is 3.94. The Labute approximate surface area is 166 Å². The van der Waals surface area contributed by atoms with Gasteiger partial charge in [0, 0.05) is 52.1 Å². The van der Waals surface area contributed by atoms with Gasteiger partial charge in [-0.25, -0.2) is 14.8 Å². The number of ether oxygens (including phenoxy) is 1. The highest BCUT2D eigenvalue weighted by Gasteiger charge is 2.23. The molecular weight excluding hydrogens is 376 g/mol. The Bertz CT molecular complexity index is 1230. The van der Waals surface area contributed by atoms with Crippen LogP contribution < -0.4 is 4.90 Å². The van der Waals surface area contributed by atoms with E-state index in [-0.39, 0.29) is 5.97 Å². The summed E-state index contributed by atoms with van der Waals surface area (Å²) in [7, 11) is 1.40. The van der Waals surface area contributed by atoms with Crippen molar-refractivity contribution in [3.8, 4) is 0 Å². The molecule has 2 aromatic carbocycles. The number of carbonyl (C=O) groups is 1. The summed E-state index contributed by atoms with van der Waals surface area (Å²) in [6, 6.07) is 11.3. The number of benzene rings is 2. The van der Waals surface area contributed by atoms with E-state index < -0.39 is 0 Å². The van der Waals surface area contributed by atoms with E-state index in [1.54, 1.807) is 12.4 Å². The molecule has 0 radical (unpaired) electrons. The van der Waals surface area contributed by atoms with E-state index in [4.69, 9.17) is 16.3 Å². The maximum atomic E-state index is 11.9. The van der Waals surface area contributed by atoms with Crippen LogP contribution in [0, 0.1) is 0 Å². The third-order valence-electron chi connectivity index (χ3n) is 5.27. The van der Waals surface area contributed by atoms with Crippen molar-refractivity contribution in [1.82, 2.24) is 15.0 Å². The van der Waals surface area contributed by atoms with E-state index in [0.29, 0.717) is 17.1 Å². The Morgan fingerprint density at radius 2 is 2.07 bits per heavy atom. The maximum absolute atomic E-state index is 11.9. The average Bonchev–Trinajstić information content (AvgIpc) is 3.09. The van der Waals surface area contributed by atoms with Crippen molar-refractivity contribution in [2.45, 2.75) is 13.0 Å². The van der Waals surface area contributed by atoms with Crippen LogP contribution >= 0.6 is 11.6 Å². The molecule has 0 saturated carbocycles. The molecule has 0 atom stereocenters. The van der Waals surface area contributed by atoms with Crippen molar-refractivity contribution < 1.29 is 9.53 Å². The number of aromatic amines is 1. The molecule has 28 heavy (non-hydrogen) atoms. The van der Waals surface area contributed by atoms with E-state index in [1.807, 2.05) is 30.3 Å². The lowest BCUT2D eigenvalue weighted by molar-refractivity contribution is 0.0601. The highest BCUT2D eigenvalue weighted by molar-refractivity contribution is 6.31. The molecule has 0 aliphatic carbocycles. The number of aromatic nitrogens is 3. The van der Waals surface area contributed by atoms with E-state index in [0.717, 1.165) is 40.6 Å². The number of hydrogen-bond acceptors (Lipinski definition) is 5. The molecule has 4 aromatic rings. The summed E-state index contributed by atoms with van der Waals surface area (Å²) in [5.74, 6) is 0.564. The minimum Gasteiger partial charge on any atom is -0.465 e. The van der Waals surface area contributed by atoms with Gasteiger partial charge in [-0.3, -0.25) is 0 Å². The Hall–Kier alpha value is -3.12. The molecule has 0 saturated heterocycles. The number of hydrogen-bond donors (Lipinski definition) is 1. The van der Waals surface area contributed by atoms with Crippen LogP contribution in [0.15, 0.2) is 42.7 Å². The van der Waals surface area contributed by atoms with Crippen LogP contribution in [0.1, 0.15) is 21.6 Å². The molecule has 2 aromatic heterocycles. The molecule has 3 heterocycles. The zero-order chi connectivity index (χ0) is 19.3. The zero-order valence-electron chi connectivity index (χ0n) is 15.2. The van der Waals surface area contributed by atoms with Gasteiger partial charge in [0.25, 0.3) is 0 Å². The monoisotopic (exact) mass is 392 g/mol. The lowest BCUT2D eigenvalue weighted by Gasteiger charge is -2.29. The second-order valence-corrected chi connectivity index (χ2v) is 7.30. The highest BCUT2D eigenvalue weighted by Crippen LogP contribution is 2.33. The fourth-order valence-corrected chi connectivity index (χ4v) is 4.07. The Balaban J connectivity index is 1.59. The van der Waals surface area contributed by atoms with Crippen molar-refractivity contribution in [3.63, 3.8) is 0 Å². The van der Waals surface area contributed by atoms with E-state index >= 15 is 0 Å². The third-order valence-corrected chi connectivity index (χ3v) is 5.51. The van der Waals surface area contributed by atoms with Crippen LogP contribution in [0.25, 0.3) is 21.8 Å². The van der Waals surface area contributed by atoms with Crippen molar-refractivity contribution in [2.75, 3.05) is 18.6 Å². The molecule has 6 nitrogen and oxygen atoms in total. The molecule has 0 spiro atoms. The minimum absolute atomic E-state index is 0.330. The van der Waals surface area contributed by atoms with E-state index in [1.165, 1.54) is 18.4 Å². The summed E-state index contributed by atoms with van der Waals surface area (Å²) < 4.78 is 4.87. The normalized spacial score (nSPS) is 13.7. The van der Waals surface area contributed by atoms with Crippen molar-refractivity contribution in [2.24, 2.45) is 0 Å². The molecule has 7 heteroatoms. The number of halogens is 1. The maximum Gasteiger partial charge on any atom is 0.337 e. The van der Waals surface area contributed by atoms with Gasteiger partial charge in [0.2, 0.25) is 0 Å². The fourth-order valence-electron chi connectivity index (χ4n) is 3.91. The molecule has 1 N–H and O–H groups in total. The number of esters is 1. The third kappa shape index (κ3) is 2.68. The van der Waals surface area contributed by atoms with Crippen LogP contribution in [-0.2, 0) is 17.7 Å². The Morgan fingerprint density at radius 3 is 2.93 bits per heavy atom. The molecule has 0 unspecified atom stereocenters. The number of nitrogens with one attached hydrogen (secondary N) is 1. The summed E-state index contributed by atoms with van der Waals surface area (Å²) in [5.41, 5.74) is 4.80. The smallest absolute Gasteiger partial charge is 0.337 e. The first kappa shape index (κ1) is 17.0. The van der Waals surface area contributed by atoms with Crippen LogP contribution in [0.2, 0.25) is 5.02 Å². The van der Waals surface area contributed by atoms with Gasteiger partial charge in [0.15, 0.2) is 0 Å². The van der Waals surface area contributed by atoms with Crippen molar-refractivity contribution in [1.29, 1.82) is 0 Å². The quantitative estimate of drug-likeness (QED) is 0.520. The fraction of sp³-hybridized carbons (Fsp3) is 0.190. The molecule has 140 valence electrons. The molecule has 5 rings (SSSR count). The summed E-state index contributed by atoms with van der Waals surface area (Å²) in [6.07, 6.45) is 2.45. The second kappa shape index (κ2) is 6.49. The lowest BCUT2D eigenvalue weighted by atomic mass is 10.0. The molecule has 0 amide bonds. The second-order valence-electron chi connectivity index (χ2n) is 6.86. The first-order valence-electron chi connectivity index (χ1n) is 9.01. The predicted octanol–water partition coefficient (Wildman–Crippen LogP) is 4.11. The Morgan fingerprint density at radius 1 is 1.18 bits per heavy atom. The molecule has 0 bridgehead atoms. The zero-order valence-corrected chi connectivity index (χ0v) is 16.0. The van der Waals surface area contributed by atoms with Gasteiger partial charge in [-0.15, -0.1) is 0 Å². The summed E-state index contributed by atoms with van der Waals surface area (Å²) in [5, 5.41) is 2.68. The van der Waals surface area contributed by atoms with E-state index in [9.17, 15) is 4.79 Å². The topological polar surface area (TPSA) is 71.1 Å². The van der Waals surface area contributed by atoms with Gasteiger partial charge in [-0.1, -0.05) is 11.6 Å². The molecule has 1 aliphatic rings. The summed E-state index contributed by atoms with van der Waals surface area (Å²) in [6.45, 7) is 1.55. The van der Waals surface area contributed by atoms with Crippen molar-refractivity contribution in [3.05, 3.63) is 64.6 Å². The van der Waals surface area contributed by atoms with Gasteiger partial charge in [-0.2, -0.15) is 0 Å². The number of carbonyl (C=O) groups excluding carboxylic acids is 1. The summed E-state index contributed by atoms with van der Waals surface area (Å²) >= 11 is 6.11. The van der Waals surface area contributed by atoms with Crippen LogP contribution in [0.5, 0.6) is 0 Å². The van der Waals surface area contributed by atoms with Crippen LogP contribution in [0.3, 0.4) is 0 Å². The summed E-state index contributed by atoms with van der Waals surface area (Å²) in [4.78, 5) is 26.6. The SMILES string of the molecule is COC(=O)c1ccc2[nH]c3c(c2c1)CN(c1ncnc2cc(Cl)ccc12)CC3. The molecule has 0 fully saturated rings. The van der Waals surface area contributed by atoms with Gasteiger partial charge >= 0.3 is 5.97 Å². The number of rotatable bonds is 2. The van der Waals surface area contributed by atoms with Crippen molar-refractivity contribution >= 4 is 45.2 Å². The predicted molar refractivity (Wildman–Crippen MR) is 109 cm³/mol. The first-order chi connectivity index (χ1) is 13.6. The van der Waals surface area contributed by atoms with Crippen LogP contribution in [0.4, 0.5) is 5.82 Å². The number of methoxy groups -OCH3 is 1. The van der Waals surface area contributed by atoms with Gasteiger partial charge in [-0.05, 0) is 36.4 Å². The van der Waals surface area contributed by atoms with E-state index in [2.05, 4.69) is 19.9 Å². The first-order valence-corrected chi connectivity index (χ1v) is 9.39. The van der Waals surface area contributed by atoms with Gasteiger partial charge in [0.1, 0.15) is 12.1 Å². The standard InChI is InChI=1S/C21H17ClN4O2/c1-28-21(27)12-2-5-17-15(8-12)16-10-26(7-6-18(16)25-17)20-14-4-3-13(22)9-19(14)23-11-24-20/h2-5,8-9,11,25H,6-7,10H2,1H3. The van der Waals surface area contributed by atoms with Gasteiger partial charge < -0.3 is 14.6 Å². The highest BCUT2D eigenvalue weighted by atomic mass is 35.5. The number of nitrogens with zero attached hydrogens (tertiary/aromatic N) is 3. The number of fused-ring (bicyclic) bond motifs is 4. The van der Waals surface area contributed by atoms with Crippen LogP contribution in [-0.4, -0.2) is 34.6 Å². The lowest BCUT2D eigenvalue weighted by Crippen LogP contribution is -2.31. The van der Waals surface area contributed by atoms with Gasteiger partial charge in [0.05, 0.1) is 18.2 Å². The molecule has 1 aliphatic heterocycles. The minimum atomic E-state index is -0.330. The number of anilines is 1. The largest absolute Gasteiger partial charge is 0.465 e. The number of H-pyrrole nitrogens is 1.